The Kier molecular flexibility index (Phi) is 2.76. The van der Waals surface area contributed by atoms with Gasteiger partial charge in [-0.25, -0.2) is 5.84 Å². The highest BCUT2D eigenvalue weighted by Crippen LogP contribution is 1.93. The summed E-state index contributed by atoms with van der Waals surface area (Å²) < 4.78 is 0. The Balaban J connectivity index is 2.83. The van der Waals surface area contributed by atoms with Gasteiger partial charge >= 0.3 is 0 Å². The summed E-state index contributed by atoms with van der Waals surface area (Å²) in [6, 6.07) is 0.174. The number of hydrazine groups is 1. The Labute approximate surface area is 70.2 Å². The first-order valence-electron chi connectivity index (χ1n) is 3.64. The normalized spacial score (nSPS) is 12.2. The second-order valence-corrected chi connectivity index (χ2v) is 2.57. The minimum absolute atomic E-state index is 0.174. The fourth-order valence-corrected chi connectivity index (χ4v) is 0.751. The molecular weight excluding hydrogens is 156 g/mol. The van der Waals surface area contributed by atoms with Gasteiger partial charge in [-0.1, -0.05) is 0 Å². The van der Waals surface area contributed by atoms with E-state index in [1.54, 1.807) is 6.20 Å². The highest BCUT2D eigenvalue weighted by atomic mass is 15.3. The molecule has 0 aliphatic heterocycles. The second kappa shape index (κ2) is 3.82. The van der Waals surface area contributed by atoms with Crippen LogP contribution in [-0.4, -0.2) is 27.3 Å². The van der Waals surface area contributed by atoms with Crippen LogP contribution in [0.2, 0.25) is 0 Å². The van der Waals surface area contributed by atoms with E-state index in [1.165, 1.54) is 0 Å². The van der Waals surface area contributed by atoms with Gasteiger partial charge in [0.1, 0.15) is 5.69 Å². The smallest absolute Gasteiger partial charge is 0.165 e. The molecule has 0 atom stereocenters. The summed E-state index contributed by atoms with van der Waals surface area (Å²) in [6.45, 7) is 3.91. The van der Waals surface area contributed by atoms with Gasteiger partial charge in [0.05, 0.1) is 6.20 Å². The van der Waals surface area contributed by atoms with Crippen molar-refractivity contribution < 1.29 is 0 Å². The van der Waals surface area contributed by atoms with Crippen LogP contribution in [0.15, 0.2) is 11.2 Å². The molecule has 0 spiro atoms. The van der Waals surface area contributed by atoms with Crippen LogP contribution < -0.4 is 11.3 Å². The first-order valence-corrected chi connectivity index (χ1v) is 3.64. The fraction of sp³-hybridized carbons (Fsp3) is 0.500. The lowest BCUT2D eigenvalue weighted by Crippen LogP contribution is -2.32. The van der Waals surface area contributed by atoms with Crippen molar-refractivity contribution in [1.29, 1.82) is 0 Å². The van der Waals surface area contributed by atoms with Crippen molar-refractivity contribution in [3.63, 3.8) is 0 Å². The van der Waals surface area contributed by atoms with Crippen molar-refractivity contribution >= 4 is 5.84 Å². The molecule has 1 heterocycles. The number of rotatable bonds is 2. The minimum Gasteiger partial charge on any atom is -0.307 e. The van der Waals surface area contributed by atoms with Crippen molar-refractivity contribution in [2.45, 2.75) is 19.9 Å². The van der Waals surface area contributed by atoms with Gasteiger partial charge in [0.25, 0.3) is 0 Å². The number of aromatic amines is 1. The van der Waals surface area contributed by atoms with Gasteiger partial charge in [-0.15, -0.1) is 0 Å². The van der Waals surface area contributed by atoms with E-state index >= 15 is 0 Å². The lowest BCUT2D eigenvalue weighted by molar-refractivity contribution is 0.817. The van der Waals surface area contributed by atoms with Gasteiger partial charge in [-0.3, -0.25) is 4.99 Å². The van der Waals surface area contributed by atoms with Crippen molar-refractivity contribution in [3.05, 3.63) is 11.9 Å². The molecule has 6 heteroatoms. The van der Waals surface area contributed by atoms with E-state index in [2.05, 4.69) is 25.8 Å². The van der Waals surface area contributed by atoms with Crippen LogP contribution in [0.25, 0.3) is 0 Å². The van der Waals surface area contributed by atoms with Crippen LogP contribution in [0.3, 0.4) is 0 Å². The number of nitrogens with zero attached hydrogens (tertiary/aromatic N) is 3. The van der Waals surface area contributed by atoms with Crippen LogP contribution in [-0.2, 0) is 0 Å². The molecule has 1 rings (SSSR count). The molecule has 0 amide bonds. The third-order valence-corrected chi connectivity index (χ3v) is 1.18. The van der Waals surface area contributed by atoms with E-state index in [9.17, 15) is 0 Å². The molecule has 4 N–H and O–H groups in total. The van der Waals surface area contributed by atoms with E-state index in [-0.39, 0.29) is 6.04 Å². The number of nitrogens with two attached hydrogens (primary N) is 1. The fourth-order valence-electron chi connectivity index (χ4n) is 0.751. The van der Waals surface area contributed by atoms with E-state index < -0.39 is 0 Å². The summed E-state index contributed by atoms with van der Waals surface area (Å²) >= 11 is 0. The predicted molar refractivity (Wildman–Crippen MR) is 45.4 cm³/mol. The Morgan fingerprint density at radius 3 is 2.92 bits per heavy atom. The van der Waals surface area contributed by atoms with Crippen LogP contribution in [0.4, 0.5) is 0 Å². The number of aromatic nitrogens is 3. The summed E-state index contributed by atoms with van der Waals surface area (Å²) in [7, 11) is 0. The lowest BCUT2D eigenvalue weighted by atomic mass is 10.4. The number of nitrogens with one attached hydrogen (secondary N) is 2. The molecule has 6 nitrogen and oxygen atoms in total. The SMILES string of the molecule is CC(C)N=C(NN)c1cn[nH]n1. The molecule has 12 heavy (non-hydrogen) atoms. The lowest BCUT2D eigenvalue weighted by Gasteiger charge is -2.02. The molecular formula is C6H12N6. The quantitative estimate of drug-likeness (QED) is 0.238. The maximum Gasteiger partial charge on any atom is 0.165 e. The Bertz CT molecular complexity index is 249. The molecule has 0 radical (unpaired) electrons. The van der Waals surface area contributed by atoms with Crippen LogP contribution in [0.5, 0.6) is 0 Å². The van der Waals surface area contributed by atoms with E-state index in [4.69, 9.17) is 5.84 Å². The number of amidine groups is 1. The molecule has 0 aliphatic rings. The van der Waals surface area contributed by atoms with Crippen molar-refractivity contribution in [3.8, 4) is 0 Å². The summed E-state index contributed by atoms with van der Waals surface area (Å²) in [4.78, 5) is 4.20. The maximum absolute atomic E-state index is 5.25. The van der Waals surface area contributed by atoms with Gasteiger partial charge in [-0.05, 0) is 13.8 Å². The van der Waals surface area contributed by atoms with Gasteiger partial charge in [0, 0.05) is 6.04 Å². The molecule has 66 valence electrons. The molecule has 0 aromatic carbocycles. The number of aliphatic imine (C=N–C) groups is 1. The molecule has 0 aliphatic carbocycles. The summed E-state index contributed by atoms with van der Waals surface area (Å²) in [5.74, 6) is 5.79. The molecule has 1 aromatic rings. The third kappa shape index (κ3) is 2.03. The maximum atomic E-state index is 5.25. The highest BCUT2D eigenvalue weighted by Gasteiger charge is 2.04. The Morgan fingerprint density at radius 1 is 1.75 bits per heavy atom. The van der Waals surface area contributed by atoms with Crippen LogP contribution >= 0.6 is 0 Å². The molecule has 0 bridgehead atoms. The largest absolute Gasteiger partial charge is 0.307 e. The van der Waals surface area contributed by atoms with Gasteiger partial charge in [-0.2, -0.15) is 15.4 Å². The monoisotopic (exact) mass is 168 g/mol. The molecule has 0 saturated heterocycles. The van der Waals surface area contributed by atoms with Gasteiger partial charge < -0.3 is 5.43 Å². The third-order valence-electron chi connectivity index (χ3n) is 1.18. The molecule has 1 aromatic heterocycles. The zero-order valence-corrected chi connectivity index (χ0v) is 7.07. The summed E-state index contributed by atoms with van der Waals surface area (Å²) in [6.07, 6.45) is 1.56. The average molecular weight is 168 g/mol. The summed E-state index contributed by atoms with van der Waals surface area (Å²) in [5, 5.41) is 9.96. The van der Waals surface area contributed by atoms with Crippen molar-refractivity contribution in [2.75, 3.05) is 0 Å². The molecule has 0 unspecified atom stereocenters. The zero-order chi connectivity index (χ0) is 8.97. The average Bonchev–Trinajstić information content (AvgIpc) is 2.51. The topological polar surface area (TPSA) is 92.0 Å². The number of H-pyrrole nitrogens is 1. The number of hydrogen-bond acceptors (Lipinski definition) is 4. The Morgan fingerprint density at radius 2 is 2.50 bits per heavy atom. The van der Waals surface area contributed by atoms with Crippen LogP contribution in [0, 0.1) is 0 Å². The highest BCUT2D eigenvalue weighted by molar-refractivity contribution is 5.96. The first kappa shape index (κ1) is 8.66. The zero-order valence-electron chi connectivity index (χ0n) is 7.07. The van der Waals surface area contributed by atoms with Crippen molar-refractivity contribution in [2.24, 2.45) is 10.8 Å². The first-order chi connectivity index (χ1) is 5.74. The Hall–Kier alpha value is -1.43. The standard InChI is InChI=1S/C6H12N6/c1-4(2)9-6(10-7)5-3-8-12-11-5/h3-4H,7H2,1-2H3,(H,9,10)(H,8,11,12). The van der Waals surface area contributed by atoms with E-state index in [1.807, 2.05) is 13.8 Å². The van der Waals surface area contributed by atoms with Gasteiger partial charge in [0.15, 0.2) is 5.84 Å². The molecule has 0 fully saturated rings. The van der Waals surface area contributed by atoms with Crippen LogP contribution in [0.1, 0.15) is 19.5 Å². The predicted octanol–water partition coefficient (Wildman–Crippen LogP) is -0.577. The van der Waals surface area contributed by atoms with E-state index in [0.29, 0.717) is 11.5 Å². The number of hydrogen-bond donors (Lipinski definition) is 3. The minimum atomic E-state index is 0.174. The summed E-state index contributed by atoms with van der Waals surface area (Å²) in [5.41, 5.74) is 3.08. The molecule has 0 saturated carbocycles. The second-order valence-electron chi connectivity index (χ2n) is 2.57. The van der Waals surface area contributed by atoms with E-state index in [0.717, 1.165) is 0 Å². The van der Waals surface area contributed by atoms with Crippen molar-refractivity contribution in [1.82, 2.24) is 20.8 Å². The van der Waals surface area contributed by atoms with Gasteiger partial charge in [0.2, 0.25) is 0 Å².